The van der Waals surface area contributed by atoms with E-state index in [0.717, 1.165) is 11.8 Å². The molecule has 0 spiro atoms. The Morgan fingerprint density at radius 2 is 1.97 bits per heavy atom. The van der Waals surface area contributed by atoms with Crippen molar-refractivity contribution in [1.82, 2.24) is 9.80 Å². The number of aryl methyl sites for hydroxylation is 1. The van der Waals surface area contributed by atoms with Gasteiger partial charge in [-0.05, 0) is 39.0 Å². The lowest BCUT2D eigenvalue weighted by Gasteiger charge is -2.30. The first kappa shape index (κ1) is 24.4. The molecule has 31 heavy (non-hydrogen) atoms. The monoisotopic (exact) mass is 451 g/mol. The van der Waals surface area contributed by atoms with Crippen molar-refractivity contribution in [1.29, 1.82) is 0 Å². The van der Waals surface area contributed by atoms with Crippen LogP contribution < -0.4 is 0 Å². The topological polar surface area (TPSA) is 106 Å². The minimum atomic E-state index is -0.589. The summed E-state index contributed by atoms with van der Waals surface area (Å²) in [5.41, 5.74) is -0.118. The van der Waals surface area contributed by atoms with Gasteiger partial charge < -0.3 is 19.0 Å². The van der Waals surface area contributed by atoms with Crippen LogP contribution in [0.2, 0.25) is 5.02 Å². The molecule has 1 aromatic heterocycles. The second-order valence-electron chi connectivity index (χ2n) is 7.27. The molecule has 0 bridgehead atoms. The van der Waals surface area contributed by atoms with Gasteiger partial charge >= 0.3 is 0 Å². The first-order chi connectivity index (χ1) is 14.6. The number of carbonyl (C=O) groups excluding carboxylic acids is 2. The number of furan rings is 1. The quantitative estimate of drug-likeness (QED) is 0.403. The highest BCUT2D eigenvalue weighted by molar-refractivity contribution is 6.34. The molecule has 0 saturated heterocycles. The van der Waals surface area contributed by atoms with Gasteiger partial charge in [0.1, 0.15) is 18.1 Å². The summed E-state index contributed by atoms with van der Waals surface area (Å²) < 4.78 is 10.7. The maximum atomic E-state index is 13.1. The van der Waals surface area contributed by atoms with Crippen LogP contribution in [-0.4, -0.2) is 59.4 Å². The van der Waals surface area contributed by atoms with E-state index in [0.29, 0.717) is 18.9 Å². The SMILES string of the molecule is COCCN(Cc1ccc(C)o1)C(=O)CN(C(=O)c1ccc([N+](=O)[O-])cc1Cl)C(C)C. The second-order valence-corrected chi connectivity index (χ2v) is 7.68. The average molecular weight is 452 g/mol. The summed E-state index contributed by atoms with van der Waals surface area (Å²) in [6.45, 7) is 6.09. The van der Waals surface area contributed by atoms with Crippen molar-refractivity contribution in [2.75, 3.05) is 26.8 Å². The maximum absolute atomic E-state index is 13.1. The van der Waals surface area contributed by atoms with Crippen LogP contribution in [0.25, 0.3) is 0 Å². The Balaban J connectivity index is 2.21. The molecule has 2 amide bonds. The second kappa shape index (κ2) is 10.9. The number of benzene rings is 1. The molecular weight excluding hydrogens is 426 g/mol. The van der Waals surface area contributed by atoms with Crippen molar-refractivity contribution < 1.29 is 23.7 Å². The number of amides is 2. The van der Waals surface area contributed by atoms with E-state index in [9.17, 15) is 19.7 Å². The third kappa shape index (κ3) is 6.53. The highest BCUT2D eigenvalue weighted by atomic mass is 35.5. The van der Waals surface area contributed by atoms with Crippen LogP contribution in [-0.2, 0) is 16.1 Å². The molecular formula is C21H26ClN3O6. The molecule has 0 radical (unpaired) electrons. The Labute approximate surface area is 185 Å². The van der Waals surface area contributed by atoms with E-state index in [1.54, 1.807) is 31.9 Å². The molecule has 2 aromatic rings. The standard InChI is InChI=1S/C21H26ClN3O6/c1-14(2)24(21(27)18-8-6-16(25(28)29)11-19(18)22)13-20(26)23(9-10-30-4)12-17-7-5-15(3)31-17/h5-8,11,14H,9-10,12-13H2,1-4H3. The Hall–Kier alpha value is -2.91. The number of carbonyl (C=O) groups is 2. The Morgan fingerprint density at radius 3 is 2.48 bits per heavy atom. The number of hydrogen-bond donors (Lipinski definition) is 0. The van der Waals surface area contributed by atoms with Gasteiger partial charge in [0.05, 0.1) is 28.7 Å². The Kier molecular flexibility index (Phi) is 8.58. The normalized spacial score (nSPS) is 10.9. The molecule has 2 rings (SSSR count). The van der Waals surface area contributed by atoms with Gasteiger partial charge in [0.25, 0.3) is 11.6 Å². The summed E-state index contributed by atoms with van der Waals surface area (Å²) in [6.07, 6.45) is 0. The van der Waals surface area contributed by atoms with Crippen molar-refractivity contribution in [3.05, 3.63) is 62.6 Å². The number of ether oxygens (including phenoxy) is 1. The lowest BCUT2D eigenvalue weighted by Crippen LogP contribution is -2.46. The van der Waals surface area contributed by atoms with Crippen molar-refractivity contribution in [2.24, 2.45) is 0 Å². The molecule has 0 N–H and O–H groups in total. The van der Waals surface area contributed by atoms with E-state index in [1.165, 1.54) is 17.0 Å². The first-order valence-electron chi connectivity index (χ1n) is 9.71. The number of nitro groups is 1. The minimum absolute atomic E-state index is 0.0420. The van der Waals surface area contributed by atoms with E-state index in [-0.39, 0.29) is 41.3 Å². The number of non-ortho nitro benzene ring substituents is 1. The van der Waals surface area contributed by atoms with E-state index in [1.807, 2.05) is 13.0 Å². The molecule has 10 heteroatoms. The highest BCUT2D eigenvalue weighted by Crippen LogP contribution is 2.24. The molecule has 168 valence electrons. The van der Waals surface area contributed by atoms with Crippen LogP contribution in [0.4, 0.5) is 5.69 Å². The van der Waals surface area contributed by atoms with Gasteiger partial charge in [-0.15, -0.1) is 0 Å². The van der Waals surface area contributed by atoms with Gasteiger partial charge in [-0.1, -0.05) is 11.6 Å². The van der Waals surface area contributed by atoms with Gasteiger partial charge in [-0.25, -0.2) is 0 Å². The fourth-order valence-electron chi connectivity index (χ4n) is 2.93. The maximum Gasteiger partial charge on any atom is 0.270 e. The summed E-state index contributed by atoms with van der Waals surface area (Å²) >= 11 is 6.12. The number of methoxy groups -OCH3 is 1. The van der Waals surface area contributed by atoms with Crippen LogP contribution in [0.5, 0.6) is 0 Å². The summed E-state index contributed by atoms with van der Waals surface area (Å²) in [4.78, 5) is 39.4. The highest BCUT2D eigenvalue weighted by Gasteiger charge is 2.27. The van der Waals surface area contributed by atoms with Gasteiger partial charge in [0.15, 0.2) is 0 Å². The molecule has 0 aliphatic rings. The molecule has 0 aliphatic heterocycles. The Morgan fingerprint density at radius 1 is 1.26 bits per heavy atom. The number of nitrogens with zero attached hydrogens (tertiary/aromatic N) is 3. The number of halogens is 1. The summed E-state index contributed by atoms with van der Waals surface area (Å²) in [6, 6.07) is 6.94. The third-order valence-electron chi connectivity index (χ3n) is 4.64. The van der Waals surface area contributed by atoms with Gasteiger partial charge in [-0.2, -0.15) is 0 Å². The van der Waals surface area contributed by atoms with E-state index >= 15 is 0 Å². The van der Waals surface area contributed by atoms with Crippen LogP contribution in [0.1, 0.15) is 35.7 Å². The molecule has 0 saturated carbocycles. The molecule has 0 unspecified atom stereocenters. The van der Waals surface area contributed by atoms with Crippen LogP contribution in [0.15, 0.2) is 34.7 Å². The third-order valence-corrected chi connectivity index (χ3v) is 4.96. The first-order valence-corrected chi connectivity index (χ1v) is 10.1. The van der Waals surface area contributed by atoms with Crippen molar-refractivity contribution in [3.63, 3.8) is 0 Å². The molecule has 0 aliphatic carbocycles. The molecule has 1 aromatic carbocycles. The van der Waals surface area contributed by atoms with Crippen LogP contribution in [0, 0.1) is 17.0 Å². The lowest BCUT2D eigenvalue weighted by molar-refractivity contribution is -0.384. The molecule has 0 fully saturated rings. The number of rotatable bonds is 10. The molecule has 9 nitrogen and oxygen atoms in total. The van der Waals surface area contributed by atoms with Crippen molar-refractivity contribution in [2.45, 2.75) is 33.4 Å². The predicted octanol–water partition coefficient (Wildman–Crippen LogP) is 3.68. The van der Waals surface area contributed by atoms with Crippen LogP contribution >= 0.6 is 11.6 Å². The zero-order valence-corrected chi connectivity index (χ0v) is 18.7. The number of hydrogen-bond acceptors (Lipinski definition) is 6. The van der Waals surface area contributed by atoms with E-state index in [4.69, 9.17) is 20.8 Å². The fraction of sp³-hybridized carbons (Fsp3) is 0.429. The summed E-state index contributed by atoms with van der Waals surface area (Å²) in [5.74, 6) is 0.596. The Bertz CT molecular complexity index is 943. The smallest absolute Gasteiger partial charge is 0.270 e. The zero-order chi connectivity index (χ0) is 23.1. The zero-order valence-electron chi connectivity index (χ0n) is 18.0. The van der Waals surface area contributed by atoms with Crippen molar-refractivity contribution in [3.8, 4) is 0 Å². The van der Waals surface area contributed by atoms with E-state index < -0.39 is 10.8 Å². The molecule has 1 heterocycles. The minimum Gasteiger partial charge on any atom is -0.464 e. The van der Waals surface area contributed by atoms with Gasteiger partial charge in [0, 0.05) is 31.8 Å². The van der Waals surface area contributed by atoms with Gasteiger partial charge in [-0.3, -0.25) is 19.7 Å². The summed E-state index contributed by atoms with van der Waals surface area (Å²) in [7, 11) is 1.54. The summed E-state index contributed by atoms with van der Waals surface area (Å²) in [5, 5.41) is 10.9. The predicted molar refractivity (Wildman–Crippen MR) is 115 cm³/mol. The number of nitro benzene ring substituents is 1. The average Bonchev–Trinajstić information content (AvgIpc) is 3.12. The lowest BCUT2D eigenvalue weighted by atomic mass is 10.1. The van der Waals surface area contributed by atoms with Gasteiger partial charge in [0.2, 0.25) is 5.91 Å². The molecule has 0 atom stereocenters. The van der Waals surface area contributed by atoms with Crippen LogP contribution in [0.3, 0.4) is 0 Å². The fourth-order valence-corrected chi connectivity index (χ4v) is 3.19. The van der Waals surface area contributed by atoms with E-state index in [2.05, 4.69) is 0 Å². The van der Waals surface area contributed by atoms with Crippen molar-refractivity contribution >= 4 is 29.1 Å². The largest absolute Gasteiger partial charge is 0.464 e.